The van der Waals surface area contributed by atoms with Gasteiger partial charge in [0.1, 0.15) is 6.79 Å². The molecule has 3 saturated heterocycles. The number of rotatable bonds is 2. The molecule has 5 fully saturated rings. The molecule has 5 aliphatic rings. The number of hydrogen-bond acceptors (Lipinski definition) is 6. The standard InChI is InChI=1S/C23H38N4O2/c1-26(2)16-5-3-14(4-6-16)17-10-20-18-11-22-21(28-13-29-22)9-15(18)7-8-27(20)23(25)19(17)12-24/h14-23H,3-11,13,25H2,1-2H3. The second-order valence-corrected chi connectivity index (χ2v) is 10.6. The highest BCUT2D eigenvalue weighted by Crippen LogP contribution is 2.50. The molecule has 8 unspecified atom stereocenters. The van der Waals surface area contributed by atoms with Crippen molar-refractivity contribution in [3.8, 4) is 6.07 Å². The molecule has 2 N–H and O–H groups in total. The number of piperidine rings is 2. The first-order valence-corrected chi connectivity index (χ1v) is 11.9. The Balaban J connectivity index is 1.34. The largest absolute Gasteiger partial charge is 0.349 e. The first-order valence-electron chi connectivity index (χ1n) is 11.9. The van der Waals surface area contributed by atoms with Gasteiger partial charge in [-0.25, -0.2) is 0 Å². The van der Waals surface area contributed by atoms with Crippen molar-refractivity contribution in [2.75, 3.05) is 27.4 Å². The number of nitrogens with zero attached hydrogens (tertiary/aromatic N) is 3. The highest BCUT2D eigenvalue weighted by Gasteiger charge is 2.53. The topological polar surface area (TPSA) is 74.8 Å². The molecular weight excluding hydrogens is 364 g/mol. The Bertz CT molecular complexity index is 629. The molecule has 29 heavy (non-hydrogen) atoms. The van der Waals surface area contributed by atoms with E-state index in [0.29, 0.717) is 42.7 Å². The lowest BCUT2D eigenvalue weighted by Crippen LogP contribution is -2.65. The van der Waals surface area contributed by atoms with Crippen LogP contribution in [0.3, 0.4) is 0 Å². The van der Waals surface area contributed by atoms with Crippen LogP contribution >= 0.6 is 0 Å². The zero-order valence-electron chi connectivity index (χ0n) is 18.1. The summed E-state index contributed by atoms with van der Waals surface area (Å²) in [5.41, 5.74) is 6.78. The Labute approximate surface area is 175 Å². The highest BCUT2D eigenvalue weighted by atomic mass is 16.7. The third-order valence-electron chi connectivity index (χ3n) is 9.25. The molecule has 0 spiro atoms. The first-order chi connectivity index (χ1) is 14.1. The van der Waals surface area contributed by atoms with Gasteiger partial charge in [0.25, 0.3) is 0 Å². The van der Waals surface area contributed by atoms with Gasteiger partial charge in [0.2, 0.25) is 0 Å². The lowest BCUT2D eigenvalue weighted by atomic mass is 9.61. The Morgan fingerprint density at radius 1 is 0.931 bits per heavy atom. The van der Waals surface area contributed by atoms with E-state index in [1.807, 2.05) is 0 Å². The van der Waals surface area contributed by atoms with Gasteiger partial charge in [0.05, 0.1) is 30.4 Å². The molecule has 5 rings (SSSR count). The van der Waals surface area contributed by atoms with Gasteiger partial charge in [-0.05, 0) is 89.1 Å². The number of nitrogens with two attached hydrogens (primary N) is 1. The molecule has 8 atom stereocenters. The Morgan fingerprint density at radius 2 is 1.66 bits per heavy atom. The third kappa shape index (κ3) is 3.53. The van der Waals surface area contributed by atoms with Gasteiger partial charge in [0, 0.05) is 18.6 Å². The molecule has 3 heterocycles. The monoisotopic (exact) mass is 402 g/mol. The molecule has 3 aliphatic heterocycles. The van der Waals surface area contributed by atoms with Crippen LogP contribution < -0.4 is 5.73 Å². The number of fused-ring (bicyclic) bond motifs is 4. The van der Waals surface area contributed by atoms with Gasteiger partial charge in [-0.1, -0.05) is 0 Å². The van der Waals surface area contributed by atoms with Gasteiger partial charge in [0.15, 0.2) is 0 Å². The fraction of sp³-hybridized carbons (Fsp3) is 0.957. The Hall–Kier alpha value is -0.710. The second-order valence-electron chi connectivity index (χ2n) is 10.6. The zero-order valence-corrected chi connectivity index (χ0v) is 18.1. The Morgan fingerprint density at radius 3 is 2.34 bits per heavy atom. The molecule has 0 aromatic heterocycles. The third-order valence-corrected chi connectivity index (χ3v) is 9.25. The molecule has 0 radical (unpaired) electrons. The summed E-state index contributed by atoms with van der Waals surface area (Å²) in [6.45, 7) is 1.51. The quantitative estimate of drug-likeness (QED) is 0.764. The summed E-state index contributed by atoms with van der Waals surface area (Å²) in [4.78, 5) is 4.88. The zero-order chi connectivity index (χ0) is 20.1. The number of nitriles is 1. The summed E-state index contributed by atoms with van der Waals surface area (Å²) in [6, 6.07) is 3.88. The van der Waals surface area contributed by atoms with Crippen LogP contribution in [0.5, 0.6) is 0 Å². The molecule has 0 bridgehead atoms. The molecular formula is C23H38N4O2. The summed E-state index contributed by atoms with van der Waals surface area (Å²) in [5, 5.41) is 10.0. The van der Waals surface area contributed by atoms with Crippen molar-refractivity contribution in [2.45, 2.75) is 81.8 Å². The van der Waals surface area contributed by atoms with Crippen molar-refractivity contribution in [1.82, 2.24) is 9.80 Å². The second kappa shape index (κ2) is 8.09. The fourth-order valence-corrected chi connectivity index (χ4v) is 7.60. The van der Waals surface area contributed by atoms with E-state index >= 15 is 0 Å². The minimum atomic E-state index is -0.102. The average molecular weight is 403 g/mol. The van der Waals surface area contributed by atoms with E-state index in [1.54, 1.807) is 0 Å². The van der Waals surface area contributed by atoms with Crippen molar-refractivity contribution < 1.29 is 9.47 Å². The van der Waals surface area contributed by atoms with E-state index in [9.17, 15) is 5.26 Å². The van der Waals surface area contributed by atoms with Crippen LogP contribution in [-0.2, 0) is 9.47 Å². The summed E-state index contributed by atoms with van der Waals surface area (Å²) in [6.07, 6.45) is 10.1. The summed E-state index contributed by atoms with van der Waals surface area (Å²) < 4.78 is 11.7. The van der Waals surface area contributed by atoms with E-state index in [0.717, 1.165) is 31.7 Å². The number of ether oxygens (including phenoxy) is 2. The number of hydrogen-bond donors (Lipinski definition) is 1. The lowest BCUT2D eigenvalue weighted by Gasteiger charge is -2.57. The van der Waals surface area contributed by atoms with Crippen molar-refractivity contribution >= 4 is 0 Å². The smallest absolute Gasteiger partial charge is 0.147 e. The van der Waals surface area contributed by atoms with Crippen molar-refractivity contribution in [3.05, 3.63) is 0 Å². The maximum Gasteiger partial charge on any atom is 0.147 e. The van der Waals surface area contributed by atoms with Gasteiger partial charge in [-0.3, -0.25) is 4.90 Å². The minimum Gasteiger partial charge on any atom is -0.349 e. The van der Waals surface area contributed by atoms with Gasteiger partial charge < -0.3 is 20.1 Å². The normalized spacial score (nSPS) is 50.4. The minimum absolute atomic E-state index is 0.0221. The van der Waals surface area contributed by atoms with Gasteiger partial charge >= 0.3 is 0 Å². The predicted octanol–water partition coefficient (Wildman–Crippen LogP) is 2.39. The fourth-order valence-electron chi connectivity index (χ4n) is 7.60. The summed E-state index contributed by atoms with van der Waals surface area (Å²) in [7, 11) is 4.40. The van der Waals surface area contributed by atoms with Crippen LogP contribution in [0.2, 0.25) is 0 Å². The van der Waals surface area contributed by atoms with Crippen LogP contribution in [0, 0.1) is 40.9 Å². The molecule has 2 aliphatic carbocycles. The van der Waals surface area contributed by atoms with Crippen molar-refractivity contribution in [3.63, 3.8) is 0 Å². The van der Waals surface area contributed by atoms with Crippen molar-refractivity contribution in [2.24, 2.45) is 35.3 Å². The molecule has 162 valence electrons. The van der Waals surface area contributed by atoms with E-state index in [1.165, 1.54) is 32.1 Å². The van der Waals surface area contributed by atoms with Crippen LogP contribution in [0.4, 0.5) is 0 Å². The van der Waals surface area contributed by atoms with Crippen LogP contribution in [0.15, 0.2) is 0 Å². The molecule has 6 nitrogen and oxygen atoms in total. The van der Waals surface area contributed by atoms with Crippen LogP contribution in [-0.4, -0.2) is 67.7 Å². The molecule has 0 aromatic carbocycles. The average Bonchev–Trinajstić information content (AvgIpc) is 3.19. The van der Waals surface area contributed by atoms with Gasteiger partial charge in [-0.2, -0.15) is 5.26 Å². The van der Waals surface area contributed by atoms with E-state index in [-0.39, 0.29) is 18.2 Å². The van der Waals surface area contributed by atoms with E-state index in [4.69, 9.17) is 15.2 Å². The SMILES string of the molecule is CN(C)C1CCC(C2CC3C4CC5OCOC5CC4CCN3C(N)C2C#N)CC1. The summed E-state index contributed by atoms with van der Waals surface area (Å²) in [5.74, 6) is 2.47. The van der Waals surface area contributed by atoms with E-state index in [2.05, 4.69) is 30.0 Å². The van der Waals surface area contributed by atoms with Crippen LogP contribution in [0.25, 0.3) is 0 Å². The van der Waals surface area contributed by atoms with Gasteiger partial charge in [-0.15, -0.1) is 0 Å². The van der Waals surface area contributed by atoms with Crippen molar-refractivity contribution in [1.29, 1.82) is 5.26 Å². The first kappa shape index (κ1) is 20.2. The lowest BCUT2D eigenvalue weighted by molar-refractivity contribution is -0.0974. The molecule has 0 amide bonds. The van der Waals surface area contributed by atoms with Crippen LogP contribution in [0.1, 0.15) is 51.4 Å². The highest BCUT2D eigenvalue weighted by molar-refractivity contribution is 5.08. The maximum absolute atomic E-state index is 10.0. The molecule has 6 heteroatoms. The maximum atomic E-state index is 10.0. The Kier molecular flexibility index (Phi) is 5.64. The molecule has 0 aromatic rings. The molecule has 2 saturated carbocycles. The van der Waals surface area contributed by atoms with E-state index < -0.39 is 0 Å². The summed E-state index contributed by atoms with van der Waals surface area (Å²) >= 11 is 0. The predicted molar refractivity (Wildman–Crippen MR) is 111 cm³/mol.